The van der Waals surface area contributed by atoms with Gasteiger partial charge >= 0.3 is 0 Å². The van der Waals surface area contributed by atoms with Crippen LogP contribution in [0.15, 0.2) is 84.0 Å². The van der Waals surface area contributed by atoms with Gasteiger partial charge in [0.1, 0.15) is 5.52 Å². The Morgan fingerprint density at radius 3 is 2.46 bits per heavy atom. The number of hydrogen-bond acceptors (Lipinski definition) is 6. The van der Waals surface area contributed by atoms with Crippen molar-refractivity contribution in [3.63, 3.8) is 0 Å². The number of aryl methyl sites for hydroxylation is 1. The summed E-state index contributed by atoms with van der Waals surface area (Å²) in [5.41, 5.74) is 4.04. The molecule has 35 heavy (non-hydrogen) atoms. The molecule has 0 aliphatic heterocycles. The number of nitrogens with one attached hydrogen (secondary N) is 2. The summed E-state index contributed by atoms with van der Waals surface area (Å²) in [4.78, 5) is 30.1. The first-order chi connectivity index (χ1) is 17.1. The Morgan fingerprint density at radius 1 is 0.886 bits per heavy atom. The van der Waals surface area contributed by atoms with Gasteiger partial charge in [-0.15, -0.1) is 10.2 Å². The molecule has 0 unspecified atom stereocenters. The van der Waals surface area contributed by atoms with Crippen molar-refractivity contribution in [3.8, 4) is 0 Å². The Kier molecular flexibility index (Phi) is 6.40. The molecule has 0 saturated heterocycles. The first-order valence-corrected chi connectivity index (χ1v) is 12.1. The van der Waals surface area contributed by atoms with Gasteiger partial charge in [0.15, 0.2) is 5.65 Å². The van der Waals surface area contributed by atoms with Gasteiger partial charge in [-0.2, -0.15) is 0 Å². The van der Waals surface area contributed by atoms with E-state index in [0.29, 0.717) is 22.1 Å². The van der Waals surface area contributed by atoms with Gasteiger partial charge in [0.05, 0.1) is 22.5 Å². The fourth-order valence-corrected chi connectivity index (χ4v) is 4.48. The normalized spacial score (nSPS) is 11.0. The van der Waals surface area contributed by atoms with Crippen LogP contribution in [0.4, 0.5) is 11.4 Å². The number of carbonyl (C=O) groups is 2. The summed E-state index contributed by atoms with van der Waals surface area (Å²) in [6.45, 7) is 2.80. The molecule has 3 aromatic carbocycles. The molecule has 2 N–H and O–H groups in total. The van der Waals surface area contributed by atoms with Gasteiger partial charge in [0, 0.05) is 17.6 Å². The van der Waals surface area contributed by atoms with Crippen LogP contribution in [0.25, 0.3) is 22.1 Å². The largest absolute Gasteiger partial charge is 0.325 e. The number of rotatable bonds is 7. The lowest BCUT2D eigenvalue weighted by Crippen LogP contribution is -2.19. The number of aromatic nitrogens is 4. The molecule has 0 aliphatic rings. The second kappa shape index (κ2) is 9.94. The average molecular weight is 483 g/mol. The molecular weight excluding hydrogens is 460 g/mol. The van der Waals surface area contributed by atoms with Gasteiger partial charge in [0.25, 0.3) is 5.91 Å². The van der Waals surface area contributed by atoms with Crippen molar-refractivity contribution in [3.05, 3.63) is 84.4 Å². The summed E-state index contributed by atoms with van der Waals surface area (Å²) in [5, 5.41) is 15.7. The Morgan fingerprint density at radius 2 is 1.63 bits per heavy atom. The van der Waals surface area contributed by atoms with Crippen molar-refractivity contribution in [1.82, 2.24) is 19.7 Å². The predicted molar refractivity (Wildman–Crippen MR) is 139 cm³/mol. The predicted octanol–water partition coefficient (Wildman–Crippen LogP) is 4.98. The molecule has 174 valence electrons. The van der Waals surface area contributed by atoms with Crippen LogP contribution in [0.2, 0.25) is 0 Å². The minimum Gasteiger partial charge on any atom is -0.325 e. The number of nitrogens with zero attached hydrogens (tertiary/aromatic N) is 4. The molecule has 2 aromatic heterocycles. The van der Waals surface area contributed by atoms with Gasteiger partial charge in [-0.05, 0) is 37.3 Å². The molecule has 9 heteroatoms. The van der Waals surface area contributed by atoms with Crippen LogP contribution in [-0.2, 0) is 11.3 Å². The van der Waals surface area contributed by atoms with Crippen LogP contribution in [0.3, 0.4) is 0 Å². The number of fused-ring (bicyclic) bond motifs is 3. The van der Waals surface area contributed by atoms with E-state index in [1.807, 2.05) is 42.5 Å². The van der Waals surface area contributed by atoms with E-state index in [4.69, 9.17) is 0 Å². The van der Waals surface area contributed by atoms with Crippen LogP contribution in [-0.4, -0.2) is 37.3 Å². The SMILES string of the molecule is CCn1c2ccccc2c2nnc(SCC(=O)Nc3ccccc3C(=O)Nc3ccccc3)nc21. The second-order valence-corrected chi connectivity index (χ2v) is 8.67. The van der Waals surface area contributed by atoms with Gasteiger partial charge in [-0.3, -0.25) is 9.59 Å². The lowest BCUT2D eigenvalue weighted by atomic mass is 10.1. The van der Waals surface area contributed by atoms with Gasteiger partial charge in [-0.25, -0.2) is 4.98 Å². The number of carbonyl (C=O) groups excluding carboxylic acids is 2. The maximum Gasteiger partial charge on any atom is 0.257 e. The summed E-state index contributed by atoms with van der Waals surface area (Å²) < 4.78 is 2.09. The molecule has 0 bridgehead atoms. The average Bonchev–Trinajstić information content (AvgIpc) is 3.21. The van der Waals surface area contributed by atoms with E-state index < -0.39 is 0 Å². The third-order valence-corrected chi connectivity index (χ3v) is 6.32. The highest BCUT2D eigenvalue weighted by atomic mass is 32.2. The standard InChI is InChI=1S/C26H22N6O2S/c1-2-32-21-15-9-7-13-19(21)23-24(32)29-26(31-30-23)35-16-22(33)28-20-14-8-6-12-18(20)25(34)27-17-10-4-3-5-11-17/h3-15H,2,16H2,1H3,(H,27,34)(H,28,33). The second-order valence-electron chi connectivity index (χ2n) is 7.73. The molecule has 0 atom stereocenters. The fourth-order valence-electron chi connectivity index (χ4n) is 3.90. The van der Waals surface area contributed by atoms with Crippen molar-refractivity contribution in [1.29, 1.82) is 0 Å². The molecule has 2 amide bonds. The van der Waals surface area contributed by atoms with Gasteiger partial charge < -0.3 is 15.2 Å². The lowest BCUT2D eigenvalue weighted by Gasteiger charge is -2.11. The van der Waals surface area contributed by atoms with Crippen LogP contribution in [0, 0.1) is 0 Å². The number of anilines is 2. The van der Waals surface area contributed by atoms with E-state index in [0.717, 1.165) is 28.6 Å². The van der Waals surface area contributed by atoms with Crippen LogP contribution in [0.5, 0.6) is 0 Å². The molecule has 0 radical (unpaired) electrons. The number of hydrogen-bond donors (Lipinski definition) is 2. The number of amides is 2. The van der Waals surface area contributed by atoms with Crippen molar-refractivity contribution in [2.45, 2.75) is 18.6 Å². The minimum atomic E-state index is -0.301. The molecule has 5 aromatic rings. The quantitative estimate of drug-likeness (QED) is 0.317. The number of para-hydroxylation sites is 3. The zero-order chi connectivity index (χ0) is 24.2. The molecule has 0 fully saturated rings. The maximum atomic E-state index is 12.8. The lowest BCUT2D eigenvalue weighted by molar-refractivity contribution is -0.113. The molecular formula is C26H22N6O2S. The van der Waals surface area contributed by atoms with E-state index in [-0.39, 0.29) is 17.6 Å². The number of thioether (sulfide) groups is 1. The molecule has 0 spiro atoms. The van der Waals surface area contributed by atoms with Gasteiger partial charge in [0.2, 0.25) is 11.1 Å². The van der Waals surface area contributed by atoms with E-state index in [9.17, 15) is 9.59 Å². The summed E-state index contributed by atoms with van der Waals surface area (Å²) in [6.07, 6.45) is 0. The summed E-state index contributed by atoms with van der Waals surface area (Å²) >= 11 is 1.20. The highest BCUT2D eigenvalue weighted by molar-refractivity contribution is 7.99. The van der Waals surface area contributed by atoms with Crippen molar-refractivity contribution >= 4 is 57.0 Å². The smallest absolute Gasteiger partial charge is 0.257 e. The Balaban J connectivity index is 1.29. The minimum absolute atomic E-state index is 0.0776. The van der Waals surface area contributed by atoms with Crippen molar-refractivity contribution in [2.24, 2.45) is 0 Å². The maximum absolute atomic E-state index is 12.8. The van der Waals surface area contributed by atoms with E-state index in [1.54, 1.807) is 36.4 Å². The topological polar surface area (TPSA) is 102 Å². The van der Waals surface area contributed by atoms with Crippen molar-refractivity contribution < 1.29 is 9.59 Å². The molecule has 5 rings (SSSR count). The van der Waals surface area contributed by atoms with E-state index in [2.05, 4.69) is 37.3 Å². The molecule has 0 aliphatic carbocycles. The molecule has 0 saturated carbocycles. The third kappa shape index (κ3) is 4.71. The van der Waals surface area contributed by atoms with Crippen LogP contribution < -0.4 is 10.6 Å². The summed E-state index contributed by atoms with van der Waals surface area (Å²) in [7, 11) is 0. The zero-order valence-corrected chi connectivity index (χ0v) is 19.7. The van der Waals surface area contributed by atoms with Gasteiger partial charge in [-0.1, -0.05) is 60.3 Å². The van der Waals surface area contributed by atoms with Crippen LogP contribution >= 0.6 is 11.8 Å². The highest BCUT2D eigenvalue weighted by Gasteiger charge is 2.16. The van der Waals surface area contributed by atoms with E-state index >= 15 is 0 Å². The third-order valence-electron chi connectivity index (χ3n) is 5.48. The molecule has 8 nitrogen and oxygen atoms in total. The Hall–Kier alpha value is -4.24. The van der Waals surface area contributed by atoms with Crippen LogP contribution in [0.1, 0.15) is 17.3 Å². The first-order valence-electron chi connectivity index (χ1n) is 11.1. The highest BCUT2D eigenvalue weighted by Crippen LogP contribution is 2.27. The monoisotopic (exact) mass is 482 g/mol. The van der Waals surface area contributed by atoms with E-state index in [1.165, 1.54) is 11.8 Å². The number of benzene rings is 3. The Labute approximate surface area is 205 Å². The fraction of sp³-hybridized carbons (Fsp3) is 0.115. The zero-order valence-electron chi connectivity index (χ0n) is 18.9. The Bertz CT molecular complexity index is 1530. The summed E-state index contributed by atoms with van der Waals surface area (Å²) in [6, 6.07) is 24.1. The van der Waals surface area contributed by atoms with Crippen molar-refractivity contribution in [2.75, 3.05) is 16.4 Å². The molecule has 2 heterocycles. The summed E-state index contributed by atoms with van der Waals surface area (Å²) in [5.74, 6) is -0.492. The first kappa shape index (κ1) is 22.5.